The maximum Gasteiger partial charge on any atom is 0.306 e. The number of nitrogens with zero attached hydrogens (tertiary/aromatic N) is 1. The number of rotatable bonds is 6. The van der Waals surface area contributed by atoms with Crippen LogP contribution in [-0.2, 0) is 19.1 Å². The lowest BCUT2D eigenvalue weighted by atomic mass is 9.85. The second kappa shape index (κ2) is 7.78. The van der Waals surface area contributed by atoms with Gasteiger partial charge in [0.15, 0.2) is 5.78 Å². The molecule has 2 atom stereocenters. The topological polar surface area (TPSA) is 80.8 Å². The van der Waals surface area contributed by atoms with E-state index in [0.29, 0.717) is 5.02 Å². The minimum Gasteiger partial charge on any atom is -0.466 e. The van der Waals surface area contributed by atoms with Crippen molar-refractivity contribution in [2.75, 3.05) is 6.61 Å². The Morgan fingerprint density at radius 3 is 2.28 bits per heavy atom. The molecule has 1 saturated heterocycles. The molecule has 0 aromatic heterocycles. The van der Waals surface area contributed by atoms with Crippen LogP contribution >= 0.6 is 11.6 Å². The number of esters is 1. The van der Waals surface area contributed by atoms with Crippen LogP contribution in [0.3, 0.4) is 0 Å². The second-order valence-electron chi connectivity index (χ2n) is 6.10. The average Bonchev–Trinajstić information content (AvgIpc) is 2.78. The molecule has 6 nitrogen and oxygen atoms in total. The summed E-state index contributed by atoms with van der Waals surface area (Å²) in [4.78, 5) is 51.1. The van der Waals surface area contributed by atoms with Crippen molar-refractivity contribution in [2.24, 2.45) is 11.8 Å². The van der Waals surface area contributed by atoms with Crippen molar-refractivity contribution in [1.29, 1.82) is 0 Å². The third-order valence-corrected chi connectivity index (χ3v) is 4.33. The summed E-state index contributed by atoms with van der Waals surface area (Å²) in [5.41, 5.74) is 0.273. The number of imide groups is 1. The molecule has 1 heterocycles. The summed E-state index contributed by atoms with van der Waals surface area (Å²) in [6.07, 6.45) is -0.300. The number of hydrogen-bond acceptors (Lipinski definition) is 5. The molecule has 25 heavy (non-hydrogen) atoms. The Balaban J connectivity index is 2.37. The highest BCUT2D eigenvalue weighted by Gasteiger charge is 2.52. The summed E-state index contributed by atoms with van der Waals surface area (Å²) in [5, 5.41) is 0.456. The number of likely N-dealkylation sites (tertiary alicyclic amines) is 1. The Kier molecular flexibility index (Phi) is 5.95. The van der Waals surface area contributed by atoms with Crippen LogP contribution in [0.15, 0.2) is 24.3 Å². The van der Waals surface area contributed by atoms with Crippen LogP contribution in [0.1, 0.15) is 37.6 Å². The largest absolute Gasteiger partial charge is 0.466 e. The maximum absolute atomic E-state index is 12.8. The first-order valence-corrected chi connectivity index (χ1v) is 8.48. The van der Waals surface area contributed by atoms with Crippen molar-refractivity contribution in [3.63, 3.8) is 0 Å². The first kappa shape index (κ1) is 19.1. The molecule has 0 N–H and O–H groups in total. The van der Waals surface area contributed by atoms with E-state index in [2.05, 4.69) is 0 Å². The van der Waals surface area contributed by atoms with Gasteiger partial charge in [0.2, 0.25) is 11.8 Å². The van der Waals surface area contributed by atoms with E-state index in [4.69, 9.17) is 16.3 Å². The third-order valence-electron chi connectivity index (χ3n) is 4.08. The number of amides is 2. The predicted molar refractivity (Wildman–Crippen MR) is 91.0 cm³/mol. The highest BCUT2D eigenvalue weighted by molar-refractivity contribution is 6.30. The fraction of sp³-hybridized carbons (Fsp3) is 0.444. The maximum atomic E-state index is 12.8. The Morgan fingerprint density at radius 1 is 1.16 bits per heavy atom. The Morgan fingerprint density at radius 2 is 1.76 bits per heavy atom. The molecule has 0 radical (unpaired) electrons. The average molecular weight is 366 g/mol. The second-order valence-corrected chi connectivity index (χ2v) is 6.54. The number of Topliss-reactive ketones (excluding diaryl/α,β-unsaturated/α-hetero) is 1. The van der Waals surface area contributed by atoms with E-state index in [-0.39, 0.29) is 18.6 Å². The molecule has 1 aromatic carbocycles. The smallest absolute Gasteiger partial charge is 0.306 e. The van der Waals surface area contributed by atoms with Crippen LogP contribution in [-0.4, -0.2) is 41.1 Å². The minimum atomic E-state index is -1.22. The highest BCUT2D eigenvalue weighted by Crippen LogP contribution is 2.33. The van der Waals surface area contributed by atoms with E-state index in [9.17, 15) is 19.2 Å². The molecule has 2 amide bonds. The number of hydrogen-bond donors (Lipinski definition) is 0. The predicted octanol–water partition coefficient (Wildman–Crippen LogP) is 2.49. The summed E-state index contributed by atoms with van der Waals surface area (Å²) >= 11 is 5.82. The lowest BCUT2D eigenvalue weighted by Gasteiger charge is -2.18. The zero-order valence-electron chi connectivity index (χ0n) is 14.3. The fourth-order valence-corrected chi connectivity index (χ4v) is 3.08. The number of halogens is 1. The molecule has 0 unspecified atom stereocenters. The number of ketones is 1. The molecule has 0 bridgehead atoms. The van der Waals surface area contributed by atoms with Gasteiger partial charge in [-0.25, -0.2) is 0 Å². The van der Waals surface area contributed by atoms with Gasteiger partial charge in [0.1, 0.15) is 5.92 Å². The molecule has 0 aliphatic carbocycles. The van der Waals surface area contributed by atoms with Crippen LogP contribution in [0.2, 0.25) is 5.02 Å². The van der Waals surface area contributed by atoms with Gasteiger partial charge < -0.3 is 4.74 Å². The van der Waals surface area contributed by atoms with Gasteiger partial charge in [0.05, 0.1) is 18.9 Å². The summed E-state index contributed by atoms with van der Waals surface area (Å²) in [6.45, 7) is 5.19. The summed E-state index contributed by atoms with van der Waals surface area (Å²) in [5.74, 6) is -4.45. The van der Waals surface area contributed by atoms with Gasteiger partial charge in [0, 0.05) is 16.6 Å². The third kappa shape index (κ3) is 3.90. The SMILES string of the molecule is CCOC(=O)C[C@@H]1C(=O)N(C(C)C)C(=O)[C@H]1C(=O)c1ccc(Cl)cc1. The fourth-order valence-electron chi connectivity index (χ4n) is 2.95. The number of ether oxygens (including phenoxy) is 1. The Hall–Kier alpha value is -2.21. The molecule has 2 rings (SSSR count). The van der Waals surface area contributed by atoms with Gasteiger partial charge in [-0.05, 0) is 45.0 Å². The molecule has 0 saturated carbocycles. The molecule has 0 spiro atoms. The van der Waals surface area contributed by atoms with Crippen molar-refractivity contribution in [3.05, 3.63) is 34.9 Å². The molecular weight excluding hydrogens is 346 g/mol. The van der Waals surface area contributed by atoms with Crippen molar-refractivity contribution in [3.8, 4) is 0 Å². The molecule has 1 aliphatic rings. The van der Waals surface area contributed by atoms with Gasteiger partial charge in [-0.15, -0.1) is 0 Å². The van der Waals surface area contributed by atoms with Crippen molar-refractivity contribution >= 4 is 35.2 Å². The van der Waals surface area contributed by atoms with Gasteiger partial charge in [-0.3, -0.25) is 24.1 Å². The van der Waals surface area contributed by atoms with Crippen molar-refractivity contribution in [1.82, 2.24) is 4.90 Å². The monoisotopic (exact) mass is 365 g/mol. The zero-order valence-corrected chi connectivity index (χ0v) is 15.1. The Bertz CT molecular complexity index is 698. The quantitative estimate of drug-likeness (QED) is 0.335. The minimum absolute atomic E-state index is 0.164. The lowest BCUT2D eigenvalue weighted by molar-refractivity contribution is -0.148. The molecule has 7 heteroatoms. The van der Waals surface area contributed by atoms with Gasteiger partial charge >= 0.3 is 5.97 Å². The van der Waals surface area contributed by atoms with Crippen molar-refractivity contribution in [2.45, 2.75) is 33.2 Å². The molecule has 1 aromatic rings. The van der Waals surface area contributed by atoms with Crippen LogP contribution in [0, 0.1) is 11.8 Å². The highest BCUT2D eigenvalue weighted by atomic mass is 35.5. The summed E-state index contributed by atoms with van der Waals surface area (Å²) in [6, 6.07) is 5.68. The summed E-state index contributed by atoms with van der Waals surface area (Å²) in [7, 11) is 0. The van der Waals surface area contributed by atoms with Gasteiger partial charge in [-0.2, -0.15) is 0 Å². The van der Waals surface area contributed by atoms with E-state index in [1.54, 1.807) is 20.8 Å². The zero-order chi connectivity index (χ0) is 18.7. The van der Waals surface area contributed by atoms with Crippen LogP contribution in [0.5, 0.6) is 0 Å². The van der Waals surface area contributed by atoms with Gasteiger partial charge in [0.25, 0.3) is 0 Å². The first-order chi connectivity index (χ1) is 11.8. The van der Waals surface area contributed by atoms with E-state index < -0.39 is 41.4 Å². The number of benzene rings is 1. The standard InChI is InChI=1S/C18H20ClNO5/c1-4-25-14(21)9-13-15(18(24)20(10(2)3)17(13)23)16(22)11-5-7-12(19)8-6-11/h5-8,10,13,15H,4,9H2,1-3H3/t13-,15+/m0/s1. The van der Waals surface area contributed by atoms with E-state index in [1.165, 1.54) is 24.3 Å². The van der Waals surface area contributed by atoms with Gasteiger partial charge in [-0.1, -0.05) is 11.6 Å². The van der Waals surface area contributed by atoms with E-state index in [0.717, 1.165) is 4.90 Å². The molecule has 1 aliphatic heterocycles. The van der Waals surface area contributed by atoms with Crippen LogP contribution < -0.4 is 0 Å². The normalized spacial score (nSPS) is 20.3. The molecular formula is C18H20ClNO5. The van der Waals surface area contributed by atoms with Crippen LogP contribution in [0.25, 0.3) is 0 Å². The summed E-state index contributed by atoms with van der Waals surface area (Å²) < 4.78 is 4.88. The number of carbonyl (C=O) groups excluding carboxylic acids is 4. The number of carbonyl (C=O) groups is 4. The van der Waals surface area contributed by atoms with Crippen molar-refractivity contribution < 1.29 is 23.9 Å². The Labute approximate surface area is 151 Å². The molecule has 1 fully saturated rings. The first-order valence-electron chi connectivity index (χ1n) is 8.10. The van der Waals surface area contributed by atoms with E-state index in [1.807, 2.05) is 0 Å². The van der Waals surface area contributed by atoms with E-state index >= 15 is 0 Å². The van der Waals surface area contributed by atoms with Crippen LogP contribution in [0.4, 0.5) is 0 Å². The molecule has 134 valence electrons. The lowest BCUT2D eigenvalue weighted by Crippen LogP contribution is -2.38.